The van der Waals surface area contributed by atoms with Crippen LogP contribution in [-0.2, 0) is 11.2 Å². The van der Waals surface area contributed by atoms with Crippen molar-refractivity contribution >= 4 is 11.6 Å². The van der Waals surface area contributed by atoms with Crippen molar-refractivity contribution in [3.8, 4) is 5.75 Å². The molecule has 0 aliphatic carbocycles. The van der Waals surface area contributed by atoms with Crippen LogP contribution in [0.3, 0.4) is 0 Å². The Bertz CT molecular complexity index is 371. The zero-order chi connectivity index (χ0) is 14.6. The van der Waals surface area contributed by atoms with Crippen molar-refractivity contribution in [1.29, 1.82) is 0 Å². The minimum atomic E-state index is 0.788. The van der Waals surface area contributed by atoms with Crippen LogP contribution in [0.25, 0.3) is 0 Å². The lowest BCUT2D eigenvalue weighted by Crippen LogP contribution is -2.20. The Kier molecular flexibility index (Phi) is 9.46. The second-order valence-electron chi connectivity index (χ2n) is 4.86. The van der Waals surface area contributed by atoms with Crippen LogP contribution in [0, 0.1) is 0 Å². The molecule has 4 heteroatoms. The average molecular weight is 300 g/mol. The number of benzene rings is 1. The lowest BCUT2D eigenvalue weighted by atomic mass is 10.1. The maximum atomic E-state index is 6.22. The van der Waals surface area contributed by atoms with Crippen LogP contribution in [0.1, 0.15) is 31.2 Å². The highest BCUT2D eigenvalue weighted by molar-refractivity contribution is 6.31. The number of ether oxygens (including phenoxy) is 2. The summed E-state index contributed by atoms with van der Waals surface area (Å²) in [5.74, 6) is 0.820. The van der Waals surface area contributed by atoms with Crippen LogP contribution in [-0.4, -0.2) is 33.9 Å². The first-order chi connectivity index (χ1) is 9.77. The third-order valence-electron chi connectivity index (χ3n) is 3.29. The second-order valence-corrected chi connectivity index (χ2v) is 5.27. The number of hydrogen-bond donors (Lipinski definition) is 1. The third kappa shape index (κ3) is 7.13. The Hall–Kier alpha value is -0.770. The first kappa shape index (κ1) is 17.3. The SMILES string of the molecule is COCCNCCCCCCc1ccc(OC)cc1Cl. The van der Waals surface area contributed by atoms with Gasteiger partial charge < -0.3 is 14.8 Å². The Balaban J connectivity index is 2.06. The van der Waals surface area contributed by atoms with Crippen molar-refractivity contribution in [2.24, 2.45) is 0 Å². The van der Waals surface area contributed by atoms with Gasteiger partial charge in [-0.15, -0.1) is 0 Å². The number of methoxy groups -OCH3 is 2. The minimum absolute atomic E-state index is 0.788. The average Bonchev–Trinajstić information content (AvgIpc) is 2.47. The van der Waals surface area contributed by atoms with E-state index in [1.807, 2.05) is 12.1 Å². The number of nitrogens with one attached hydrogen (secondary N) is 1. The molecule has 114 valence electrons. The monoisotopic (exact) mass is 299 g/mol. The molecule has 0 aliphatic heterocycles. The standard InChI is InChI=1S/C16H26ClNO2/c1-19-12-11-18-10-6-4-3-5-7-14-8-9-15(20-2)13-16(14)17/h8-9,13,18H,3-7,10-12H2,1-2H3. The van der Waals surface area contributed by atoms with Crippen molar-refractivity contribution < 1.29 is 9.47 Å². The molecule has 0 heterocycles. The van der Waals surface area contributed by atoms with Gasteiger partial charge in [-0.05, 0) is 43.5 Å². The van der Waals surface area contributed by atoms with Crippen molar-refractivity contribution in [3.63, 3.8) is 0 Å². The van der Waals surface area contributed by atoms with E-state index in [1.54, 1.807) is 14.2 Å². The quantitative estimate of drug-likeness (QED) is 0.632. The first-order valence-corrected chi connectivity index (χ1v) is 7.67. The highest BCUT2D eigenvalue weighted by Crippen LogP contribution is 2.23. The highest BCUT2D eigenvalue weighted by atomic mass is 35.5. The summed E-state index contributed by atoms with van der Waals surface area (Å²) < 4.78 is 10.1. The van der Waals surface area contributed by atoms with Gasteiger partial charge in [0.25, 0.3) is 0 Å². The molecule has 1 aromatic carbocycles. The van der Waals surface area contributed by atoms with E-state index in [1.165, 1.54) is 31.2 Å². The van der Waals surface area contributed by atoms with Crippen molar-refractivity contribution in [2.45, 2.75) is 32.1 Å². The Morgan fingerprint density at radius 1 is 1.05 bits per heavy atom. The fourth-order valence-electron chi connectivity index (χ4n) is 2.08. The van der Waals surface area contributed by atoms with Gasteiger partial charge in [-0.3, -0.25) is 0 Å². The molecule has 0 bridgehead atoms. The zero-order valence-corrected chi connectivity index (χ0v) is 13.3. The van der Waals surface area contributed by atoms with Crippen LogP contribution in [0.15, 0.2) is 18.2 Å². The smallest absolute Gasteiger partial charge is 0.120 e. The molecule has 0 radical (unpaired) electrons. The normalized spacial score (nSPS) is 10.8. The third-order valence-corrected chi connectivity index (χ3v) is 3.64. The predicted molar refractivity (Wildman–Crippen MR) is 84.9 cm³/mol. The summed E-state index contributed by atoms with van der Waals surface area (Å²) in [6.07, 6.45) is 5.95. The lowest BCUT2D eigenvalue weighted by molar-refractivity contribution is 0.199. The molecule has 0 fully saturated rings. The molecule has 3 nitrogen and oxygen atoms in total. The van der Waals surface area contributed by atoms with Crippen LogP contribution >= 0.6 is 11.6 Å². The molecule has 0 saturated heterocycles. The summed E-state index contributed by atoms with van der Waals surface area (Å²) in [5.41, 5.74) is 1.21. The summed E-state index contributed by atoms with van der Waals surface area (Å²) in [6.45, 7) is 2.81. The van der Waals surface area contributed by atoms with Gasteiger partial charge >= 0.3 is 0 Å². The Morgan fingerprint density at radius 2 is 1.85 bits per heavy atom. The highest BCUT2D eigenvalue weighted by Gasteiger charge is 2.02. The summed E-state index contributed by atoms with van der Waals surface area (Å²) in [4.78, 5) is 0. The van der Waals surface area contributed by atoms with E-state index in [9.17, 15) is 0 Å². The number of aryl methyl sites for hydroxylation is 1. The molecule has 0 aromatic heterocycles. The van der Waals surface area contributed by atoms with E-state index >= 15 is 0 Å². The van der Waals surface area contributed by atoms with Crippen molar-refractivity contribution in [2.75, 3.05) is 33.9 Å². The molecule has 0 aliphatic rings. The molecule has 1 aromatic rings. The van der Waals surface area contributed by atoms with E-state index in [-0.39, 0.29) is 0 Å². The molecule has 0 spiro atoms. The van der Waals surface area contributed by atoms with Gasteiger partial charge in [-0.1, -0.05) is 30.5 Å². The molecule has 1 N–H and O–H groups in total. The number of halogens is 1. The van der Waals surface area contributed by atoms with Gasteiger partial charge in [0.1, 0.15) is 5.75 Å². The number of rotatable bonds is 11. The summed E-state index contributed by atoms with van der Waals surface area (Å²) in [6, 6.07) is 5.92. The largest absolute Gasteiger partial charge is 0.497 e. The lowest BCUT2D eigenvalue weighted by Gasteiger charge is -2.07. The van der Waals surface area contributed by atoms with Gasteiger partial charge in [0.05, 0.1) is 13.7 Å². The van der Waals surface area contributed by atoms with E-state index < -0.39 is 0 Å². The maximum absolute atomic E-state index is 6.22. The van der Waals surface area contributed by atoms with Crippen molar-refractivity contribution in [3.05, 3.63) is 28.8 Å². The summed E-state index contributed by atoms with van der Waals surface area (Å²) >= 11 is 6.22. The zero-order valence-electron chi connectivity index (χ0n) is 12.6. The molecule has 20 heavy (non-hydrogen) atoms. The van der Waals surface area contributed by atoms with E-state index in [0.717, 1.165) is 36.9 Å². The van der Waals surface area contributed by atoms with Gasteiger partial charge in [0, 0.05) is 18.7 Å². The van der Waals surface area contributed by atoms with Crippen LogP contribution in [0.5, 0.6) is 5.75 Å². The molecule has 0 saturated carbocycles. The van der Waals surface area contributed by atoms with Gasteiger partial charge in [0.2, 0.25) is 0 Å². The molecule has 0 amide bonds. The predicted octanol–water partition coefficient (Wildman–Crippen LogP) is 3.69. The van der Waals surface area contributed by atoms with Crippen LogP contribution in [0.4, 0.5) is 0 Å². The van der Waals surface area contributed by atoms with Crippen molar-refractivity contribution in [1.82, 2.24) is 5.32 Å². The summed E-state index contributed by atoms with van der Waals surface area (Å²) in [7, 11) is 3.39. The molecule has 0 atom stereocenters. The molecule has 0 unspecified atom stereocenters. The van der Waals surface area contributed by atoms with Crippen LogP contribution in [0.2, 0.25) is 5.02 Å². The fourth-order valence-corrected chi connectivity index (χ4v) is 2.34. The van der Waals surface area contributed by atoms with Gasteiger partial charge in [0.15, 0.2) is 0 Å². The van der Waals surface area contributed by atoms with Crippen LogP contribution < -0.4 is 10.1 Å². The maximum Gasteiger partial charge on any atom is 0.120 e. The molecular weight excluding hydrogens is 274 g/mol. The topological polar surface area (TPSA) is 30.5 Å². The first-order valence-electron chi connectivity index (χ1n) is 7.30. The van der Waals surface area contributed by atoms with E-state index in [2.05, 4.69) is 11.4 Å². The van der Waals surface area contributed by atoms with E-state index in [0.29, 0.717) is 0 Å². The van der Waals surface area contributed by atoms with Gasteiger partial charge in [-0.25, -0.2) is 0 Å². The molecule has 1 rings (SSSR count). The van der Waals surface area contributed by atoms with Gasteiger partial charge in [-0.2, -0.15) is 0 Å². The number of hydrogen-bond acceptors (Lipinski definition) is 3. The minimum Gasteiger partial charge on any atom is -0.497 e. The number of unbranched alkanes of at least 4 members (excludes halogenated alkanes) is 3. The summed E-state index contributed by atoms with van der Waals surface area (Å²) in [5, 5.41) is 4.17. The Labute approximate surface area is 127 Å². The Morgan fingerprint density at radius 3 is 2.55 bits per heavy atom. The molecular formula is C16H26ClNO2. The second kappa shape index (κ2) is 11.0. The fraction of sp³-hybridized carbons (Fsp3) is 0.625. The van der Waals surface area contributed by atoms with E-state index in [4.69, 9.17) is 21.1 Å².